The quantitative estimate of drug-likeness (QED) is 0.608. The molecule has 0 heterocycles. The molecule has 2 aromatic rings. The van der Waals surface area contributed by atoms with Gasteiger partial charge in [-0.1, -0.05) is 66.7 Å². The first-order valence-corrected chi connectivity index (χ1v) is 6.68. The molecule has 0 aliphatic rings. The molecule has 0 N–H and O–H groups in total. The van der Waals surface area contributed by atoms with Gasteiger partial charge in [-0.05, 0) is 23.3 Å². The minimum absolute atomic E-state index is 0.204. The Bertz CT molecular complexity index is 576. The van der Waals surface area contributed by atoms with Gasteiger partial charge in [0.2, 0.25) is 0 Å². The van der Waals surface area contributed by atoms with Crippen molar-refractivity contribution in [2.45, 2.75) is 5.92 Å². The number of halogens is 1. The van der Waals surface area contributed by atoms with Crippen molar-refractivity contribution in [2.24, 2.45) is 0 Å². The van der Waals surface area contributed by atoms with Crippen LogP contribution in [0.15, 0.2) is 67.3 Å². The highest BCUT2D eigenvalue weighted by molar-refractivity contribution is 6.30. The molecule has 0 aliphatic carbocycles. The minimum Gasteiger partial charge on any atom is -0.461 e. The maximum atomic E-state index is 12.3. The van der Waals surface area contributed by atoms with E-state index in [1.165, 1.54) is 0 Å². The standard InChI is InChI=1S/C17H15ClO2/c1-2-12-20-17(19)16(13-6-4-3-5-7-13)14-8-10-15(18)11-9-14/h2-11,16H,1,12H2. The van der Waals surface area contributed by atoms with E-state index in [9.17, 15) is 4.79 Å². The van der Waals surface area contributed by atoms with E-state index in [2.05, 4.69) is 6.58 Å². The molecule has 0 saturated carbocycles. The van der Waals surface area contributed by atoms with Gasteiger partial charge in [-0.3, -0.25) is 4.79 Å². The van der Waals surface area contributed by atoms with Crippen LogP contribution in [0.2, 0.25) is 5.02 Å². The van der Waals surface area contributed by atoms with Gasteiger partial charge in [0.05, 0.1) is 0 Å². The molecule has 102 valence electrons. The van der Waals surface area contributed by atoms with Crippen LogP contribution in [0, 0.1) is 0 Å². The number of carbonyl (C=O) groups is 1. The zero-order valence-corrected chi connectivity index (χ0v) is 11.7. The molecule has 1 atom stereocenters. The van der Waals surface area contributed by atoms with E-state index >= 15 is 0 Å². The molecule has 0 aliphatic heterocycles. The normalized spacial score (nSPS) is 11.7. The highest BCUT2D eigenvalue weighted by Crippen LogP contribution is 2.27. The average Bonchev–Trinajstić information content (AvgIpc) is 2.48. The molecule has 0 amide bonds. The largest absolute Gasteiger partial charge is 0.461 e. The van der Waals surface area contributed by atoms with E-state index in [0.717, 1.165) is 11.1 Å². The SMILES string of the molecule is C=CCOC(=O)C(c1ccccc1)c1ccc(Cl)cc1. The number of benzene rings is 2. The van der Waals surface area contributed by atoms with Gasteiger partial charge in [-0.15, -0.1) is 0 Å². The smallest absolute Gasteiger partial charge is 0.318 e. The van der Waals surface area contributed by atoms with Gasteiger partial charge < -0.3 is 4.74 Å². The third-order valence-electron chi connectivity index (χ3n) is 2.92. The molecule has 0 saturated heterocycles. The van der Waals surface area contributed by atoms with Crippen LogP contribution >= 0.6 is 11.6 Å². The van der Waals surface area contributed by atoms with Crippen molar-refractivity contribution in [1.29, 1.82) is 0 Å². The van der Waals surface area contributed by atoms with Crippen LogP contribution in [0.3, 0.4) is 0 Å². The van der Waals surface area contributed by atoms with Crippen molar-refractivity contribution in [1.82, 2.24) is 0 Å². The monoisotopic (exact) mass is 286 g/mol. The highest BCUT2D eigenvalue weighted by atomic mass is 35.5. The van der Waals surface area contributed by atoms with Gasteiger partial charge in [0.1, 0.15) is 12.5 Å². The summed E-state index contributed by atoms with van der Waals surface area (Å²) in [6.45, 7) is 3.76. The fraction of sp³-hybridized carbons (Fsp3) is 0.118. The molecule has 0 aromatic heterocycles. The summed E-state index contributed by atoms with van der Waals surface area (Å²) >= 11 is 5.90. The zero-order chi connectivity index (χ0) is 14.4. The van der Waals surface area contributed by atoms with Crippen LogP contribution in [-0.4, -0.2) is 12.6 Å². The van der Waals surface area contributed by atoms with Crippen LogP contribution < -0.4 is 0 Å². The first-order valence-electron chi connectivity index (χ1n) is 6.30. The van der Waals surface area contributed by atoms with Gasteiger partial charge in [-0.25, -0.2) is 0 Å². The molecule has 20 heavy (non-hydrogen) atoms. The second-order valence-electron chi connectivity index (χ2n) is 4.31. The predicted octanol–water partition coefficient (Wildman–Crippen LogP) is 4.20. The lowest BCUT2D eigenvalue weighted by Crippen LogP contribution is -2.17. The Kier molecular flexibility index (Phi) is 4.97. The molecule has 2 nitrogen and oxygen atoms in total. The number of ether oxygens (including phenoxy) is 1. The summed E-state index contributed by atoms with van der Waals surface area (Å²) in [7, 11) is 0. The molecule has 0 radical (unpaired) electrons. The average molecular weight is 287 g/mol. The van der Waals surface area contributed by atoms with E-state index in [1.54, 1.807) is 18.2 Å². The van der Waals surface area contributed by atoms with Crippen LogP contribution in [0.5, 0.6) is 0 Å². The van der Waals surface area contributed by atoms with Crippen molar-refractivity contribution in [3.63, 3.8) is 0 Å². The lowest BCUT2D eigenvalue weighted by molar-refractivity contribution is -0.143. The van der Waals surface area contributed by atoms with Crippen molar-refractivity contribution >= 4 is 17.6 Å². The maximum absolute atomic E-state index is 12.3. The Morgan fingerprint density at radius 3 is 2.30 bits per heavy atom. The Balaban J connectivity index is 2.36. The Labute approximate surface area is 123 Å². The van der Waals surface area contributed by atoms with E-state index in [0.29, 0.717) is 5.02 Å². The molecule has 2 aromatic carbocycles. The predicted molar refractivity (Wildman–Crippen MR) is 80.9 cm³/mol. The van der Waals surface area contributed by atoms with E-state index in [4.69, 9.17) is 16.3 Å². The molecular weight excluding hydrogens is 272 g/mol. The lowest BCUT2D eigenvalue weighted by Gasteiger charge is -2.16. The van der Waals surface area contributed by atoms with Gasteiger partial charge in [-0.2, -0.15) is 0 Å². The minimum atomic E-state index is -0.451. The number of rotatable bonds is 5. The van der Waals surface area contributed by atoms with E-state index < -0.39 is 5.92 Å². The second kappa shape index (κ2) is 6.92. The number of carbonyl (C=O) groups excluding carboxylic acids is 1. The van der Waals surface area contributed by atoms with Gasteiger partial charge in [0.25, 0.3) is 0 Å². The number of hydrogen-bond donors (Lipinski definition) is 0. The van der Waals surface area contributed by atoms with Crippen molar-refractivity contribution in [3.8, 4) is 0 Å². The van der Waals surface area contributed by atoms with Gasteiger partial charge in [0.15, 0.2) is 0 Å². The van der Waals surface area contributed by atoms with Crippen LogP contribution in [0.1, 0.15) is 17.0 Å². The molecule has 1 unspecified atom stereocenters. The van der Waals surface area contributed by atoms with Crippen LogP contribution in [0.4, 0.5) is 0 Å². The summed E-state index contributed by atoms with van der Waals surface area (Å²) < 4.78 is 5.20. The van der Waals surface area contributed by atoms with Crippen molar-refractivity contribution in [2.75, 3.05) is 6.61 Å². The van der Waals surface area contributed by atoms with Crippen LogP contribution in [0.25, 0.3) is 0 Å². The lowest BCUT2D eigenvalue weighted by atomic mass is 9.91. The summed E-state index contributed by atoms with van der Waals surface area (Å²) in [5.74, 6) is -0.744. The first kappa shape index (κ1) is 14.4. The van der Waals surface area contributed by atoms with Crippen molar-refractivity contribution < 1.29 is 9.53 Å². The fourth-order valence-corrected chi connectivity index (χ4v) is 2.12. The summed E-state index contributed by atoms with van der Waals surface area (Å²) in [6.07, 6.45) is 1.56. The summed E-state index contributed by atoms with van der Waals surface area (Å²) in [6, 6.07) is 16.8. The third-order valence-corrected chi connectivity index (χ3v) is 3.17. The van der Waals surface area contributed by atoms with E-state index in [1.807, 2.05) is 42.5 Å². The van der Waals surface area contributed by atoms with Gasteiger partial charge >= 0.3 is 5.97 Å². The molecule has 0 fully saturated rings. The van der Waals surface area contributed by atoms with Gasteiger partial charge in [0, 0.05) is 5.02 Å². The Hall–Kier alpha value is -2.06. The molecule has 3 heteroatoms. The Morgan fingerprint density at radius 1 is 1.10 bits per heavy atom. The first-order chi connectivity index (χ1) is 9.72. The third kappa shape index (κ3) is 3.49. The number of esters is 1. The topological polar surface area (TPSA) is 26.3 Å². The summed E-state index contributed by atoms with van der Waals surface area (Å²) in [5, 5.41) is 0.639. The zero-order valence-electron chi connectivity index (χ0n) is 11.0. The number of hydrogen-bond acceptors (Lipinski definition) is 2. The van der Waals surface area contributed by atoms with Crippen LogP contribution in [-0.2, 0) is 9.53 Å². The summed E-state index contributed by atoms with van der Waals surface area (Å²) in [5.41, 5.74) is 1.75. The fourth-order valence-electron chi connectivity index (χ4n) is 1.99. The van der Waals surface area contributed by atoms with E-state index in [-0.39, 0.29) is 12.6 Å². The molecule has 2 rings (SSSR count). The van der Waals surface area contributed by atoms with Crippen molar-refractivity contribution in [3.05, 3.63) is 83.4 Å². The Morgan fingerprint density at radius 2 is 1.70 bits per heavy atom. The molecular formula is C17H15ClO2. The second-order valence-corrected chi connectivity index (χ2v) is 4.75. The molecule has 0 spiro atoms. The summed E-state index contributed by atoms with van der Waals surface area (Å²) in [4.78, 5) is 12.3. The highest BCUT2D eigenvalue weighted by Gasteiger charge is 2.23. The molecule has 0 bridgehead atoms. The maximum Gasteiger partial charge on any atom is 0.318 e.